The Bertz CT molecular complexity index is 497. The van der Waals surface area contributed by atoms with Gasteiger partial charge in [-0.15, -0.1) is 0 Å². The summed E-state index contributed by atoms with van der Waals surface area (Å²) in [5.74, 6) is -1.80. The highest BCUT2D eigenvalue weighted by atomic mass is 19.1. The molecule has 0 fully saturated rings. The van der Waals surface area contributed by atoms with Gasteiger partial charge in [0.25, 0.3) is 0 Å². The molecule has 0 aliphatic carbocycles. The number of nitrogens with one attached hydrogen (secondary N) is 2. The van der Waals surface area contributed by atoms with E-state index in [1.807, 2.05) is 0 Å². The molecule has 0 spiro atoms. The van der Waals surface area contributed by atoms with Crippen LogP contribution in [0.2, 0.25) is 0 Å². The van der Waals surface area contributed by atoms with Crippen LogP contribution in [0.1, 0.15) is 24.8 Å². The summed E-state index contributed by atoms with van der Waals surface area (Å²) >= 11 is 0. The van der Waals surface area contributed by atoms with E-state index in [2.05, 4.69) is 10.6 Å². The van der Waals surface area contributed by atoms with E-state index in [9.17, 15) is 14.0 Å². The molecule has 0 heterocycles. The van der Waals surface area contributed by atoms with E-state index in [4.69, 9.17) is 10.8 Å². The molecule has 1 amide bonds. The van der Waals surface area contributed by atoms with Crippen LogP contribution in [0.3, 0.4) is 0 Å². The van der Waals surface area contributed by atoms with Crippen molar-refractivity contribution in [2.24, 2.45) is 5.73 Å². The topological polar surface area (TPSA) is 104 Å². The maximum Gasteiger partial charge on any atom is 0.326 e. The van der Waals surface area contributed by atoms with Gasteiger partial charge in [0.15, 0.2) is 0 Å². The smallest absolute Gasteiger partial charge is 0.326 e. The summed E-state index contributed by atoms with van der Waals surface area (Å²) in [6.07, 6.45) is 1.71. The first-order valence-corrected chi connectivity index (χ1v) is 7.20. The lowest BCUT2D eigenvalue weighted by atomic mass is 10.1. The normalized spacial score (nSPS) is 11.9. The number of unbranched alkanes of at least 4 members (excludes halogenated alkanes) is 1. The highest BCUT2D eigenvalue weighted by molar-refractivity contribution is 5.84. The van der Waals surface area contributed by atoms with Gasteiger partial charge in [0.2, 0.25) is 5.91 Å². The fraction of sp³-hybridized carbons (Fsp3) is 0.467. The van der Waals surface area contributed by atoms with E-state index >= 15 is 0 Å². The number of benzene rings is 1. The Labute approximate surface area is 128 Å². The van der Waals surface area contributed by atoms with Crippen LogP contribution in [0.25, 0.3) is 0 Å². The molecule has 22 heavy (non-hydrogen) atoms. The number of carbonyl (C=O) groups is 2. The second kappa shape index (κ2) is 9.86. The van der Waals surface area contributed by atoms with E-state index in [0.717, 1.165) is 6.42 Å². The number of hydrogen-bond donors (Lipinski definition) is 4. The van der Waals surface area contributed by atoms with Crippen molar-refractivity contribution >= 4 is 11.9 Å². The van der Waals surface area contributed by atoms with Gasteiger partial charge in [-0.2, -0.15) is 0 Å². The molecule has 1 aromatic rings. The third-order valence-corrected chi connectivity index (χ3v) is 3.08. The van der Waals surface area contributed by atoms with Crippen molar-refractivity contribution in [1.82, 2.24) is 10.6 Å². The molecule has 0 aliphatic rings. The van der Waals surface area contributed by atoms with Gasteiger partial charge in [-0.3, -0.25) is 4.79 Å². The van der Waals surface area contributed by atoms with Crippen LogP contribution in [0, 0.1) is 5.82 Å². The molecule has 6 nitrogen and oxygen atoms in total. The number of carboxylic acids is 1. The van der Waals surface area contributed by atoms with Crippen LogP contribution >= 0.6 is 0 Å². The van der Waals surface area contributed by atoms with Gasteiger partial charge < -0.3 is 21.5 Å². The van der Waals surface area contributed by atoms with Gasteiger partial charge in [-0.05, 0) is 43.5 Å². The van der Waals surface area contributed by atoms with Gasteiger partial charge in [0.05, 0.1) is 6.54 Å². The zero-order valence-corrected chi connectivity index (χ0v) is 12.3. The first-order chi connectivity index (χ1) is 10.5. The molecule has 1 aromatic carbocycles. The number of halogens is 1. The minimum atomic E-state index is -1.06. The van der Waals surface area contributed by atoms with Crippen molar-refractivity contribution < 1.29 is 19.1 Å². The van der Waals surface area contributed by atoms with Crippen LogP contribution in [0.15, 0.2) is 24.3 Å². The summed E-state index contributed by atoms with van der Waals surface area (Å²) in [6, 6.07) is 5.13. The van der Waals surface area contributed by atoms with E-state index in [0.29, 0.717) is 31.5 Å². The van der Waals surface area contributed by atoms with Crippen molar-refractivity contribution in [3.05, 3.63) is 35.6 Å². The predicted octanol–water partition coefficient (Wildman–Crippen LogP) is 0.614. The molecular formula is C15H22FN3O3. The number of nitrogens with two attached hydrogens (primary N) is 1. The van der Waals surface area contributed by atoms with Crippen LogP contribution < -0.4 is 16.4 Å². The summed E-state index contributed by atoms with van der Waals surface area (Å²) in [5, 5.41) is 14.4. The third kappa shape index (κ3) is 7.14. The molecule has 0 bridgehead atoms. The molecule has 1 atom stereocenters. The summed E-state index contributed by atoms with van der Waals surface area (Å²) in [4.78, 5) is 22.8. The van der Waals surface area contributed by atoms with Crippen LogP contribution in [-0.2, 0) is 16.1 Å². The van der Waals surface area contributed by atoms with Crippen LogP contribution in [0.4, 0.5) is 4.39 Å². The van der Waals surface area contributed by atoms with E-state index < -0.39 is 17.9 Å². The fourth-order valence-corrected chi connectivity index (χ4v) is 1.96. The lowest BCUT2D eigenvalue weighted by Crippen LogP contribution is -2.44. The molecule has 122 valence electrons. The number of carbonyl (C=O) groups excluding carboxylic acids is 1. The lowest BCUT2D eigenvalue weighted by Gasteiger charge is -2.14. The van der Waals surface area contributed by atoms with Crippen molar-refractivity contribution in [1.29, 1.82) is 0 Å². The Morgan fingerprint density at radius 3 is 2.73 bits per heavy atom. The van der Waals surface area contributed by atoms with E-state index in [1.54, 1.807) is 12.1 Å². The highest BCUT2D eigenvalue weighted by Crippen LogP contribution is 2.03. The average molecular weight is 311 g/mol. The summed E-state index contributed by atoms with van der Waals surface area (Å²) in [6.45, 7) is 0.794. The van der Waals surface area contributed by atoms with Crippen molar-refractivity contribution in [2.75, 3.05) is 13.1 Å². The van der Waals surface area contributed by atoms with Crippen LogP contribution in [0.5, 0.6) is 0 Å². The molecule has 0 saturated heterocycles. The lowest BCUT2D eigenvalue weighted by molar-refractivity contribution is -0.141. The Kier molecular flexibility index (Phi) is 8.09. The molecule has 1 unspecified atom stereocenters. The maximum absolute atomic E-state index is 13.0. The van der Waals surface area contributed by atoms with Gasteiger partial charge in [-0.25, -0.2) is 9.18 Å². The number of aliphatic carboxylic acids is 1. The zero-order chi connectivity index (χ0) is 16.4. The number of amides is 1. The van der Waals surface area contributed by atoms with Crippen molar-refractivity contribution in [2.45, 2.75) is 31.8 Å². The first-order valence-electron chi connectivity index (χ1n) is 7.20. The van der Waals surface area contributed by atoms with E-state index in [-0.39, 0.29) is 12.4 Å². The molecule has 0 aromatic heterocycles. The standard InChI is InChI=1S/C15H22FN3O3/c16-12-5-3-4-11(8-12)9-18-10-14(20)19-13(15(21)22)6-1-2-7-17/h3-5,8,13,18H,1-2,6-7,9-10,17H2,(H,19,20)(H,21,22). The summed E-state index contributed by atoms with van der Waals surface area (Å²) in [7, 11) is 0. The van der Waals surface area contributed by atoms with Crippen molar-refractivity contribution in [3.8, 4) is 0 Å². The van der Waals surface area contributed by atoms with Crippen molar-refractivity contribution in [3.63, 3.8) is 0 Å². The van der Waals surface area contributed by atoms with Crippen LogP contribution in [-0.4, -0.2) is 36.1 Å². The average Bonchev–Trinajstić information content (AvgIpc) is 2.46. The fourth-order valence-electron chi connectivity index (χ4n) is 1.96. The second-order valence-corrected chi connectivity index (χ2v) is 4.98. The second-order valence-electron chi connectivity index (χ2n) is 4.98. The Morgan fingerprint density at radius 2 is 2.09 bits per heavy atom. The van der Waals surface area contributed by atoms with Gasteiger partial charge in [0, 0.05) is 6.54 Å². The SMILES string of the molecule is NCCCCC(NC(=O)CNCc1cccc(F)c1)C(=O)O. The Balaban J connectivity index is 2.32. The third-order valence-electron chi connectivity index (χ3n) is 3.08. The first kappa shape index (κ1) is 18.1. The Morgan fingerprint density at radius 1 is 1.32 bits per heavy atom. The predicted molar refractivity (Wildman–Crippen MR) is 80.6 cm³/mol. The zero-order valence-electron chi connectivity index (χ0n) is 12.3. The van der Waals surface area contributed by atoms with Gasteiger partial charge in [0.1, 0.15) is 11.9 Å². The molecule has 0 radical (unpaired) electrons. The monoisotopic (exact) mass is 311 g/mol. The number of carboxylic acid groups (broad SMARTS) is 1. The minimum Gasteiger partial charge on any atom is -0.480 e. The highest BCUT2D eigenvalue weighted by Gasteiger charge is 2.18. The Hall–Kier alpha value is -1.99. The summed E-state index contributed by atoms with van der Waals surface area (Å²) in [5.41, 5.74) is 6.07. The quantitative estimate of drug-likeness (QED) is 0.474. The molecule has 5 N–H and O–H groups in total. The van der Waals surface area contributed by atoms with E-state index in [1.165, 1.54) is 12.1 Å². The molecule has 7 heteroatoms. The molecular weight excluding hydrogens is 289 g/mol. The number of rotatable bonds is 10. The largest absolute Gasteiger partial charge is 0.480 e. The van der Waals surface area contributed by atoms with Gasteiger partial charge >= 0.3 is 5.97 Å². The number of hydrogen-bond acceptors (Lipinski definition) is 4. The molecule has 0 aliphatic heterocycles. The maximum atomic E-state index is 13.0. The van der Waals surface area contributed by atoms with Gasteiger partial charge in [-0.1, -0.05) is 12.1 Å². The summed E-state index contributed by atoms with van der Waals surface area (Å²) < 4.78 is 13.0. The molecule has 1 rings (SSSR count). The minimum absolute atomic E-state index is 0.0306. The molecule has 0 saturated carbocycles.